The number of halogens is 1. The maximum Gasteiger partial charge on any atom is 0.169 e. The molecule has 19 heavy (non-hydrogen) atoms. The number of ether oxygens (including phenoxy) is 1. The maximum absolute atomic E-state index is 14.4. The Morgan fingerprint density at radius 2 is 2.32 bits per heavy atom. The number of fused-ring (bicyclic) bond motifs is 1. The van der Waals surface area contributed by atoms with Crippen LogP contribution in [0.25, 0.3) is 0 Å². The van der Waals surface area contributed by atoms with Crippen molar-refractivity contribution in [3.63, 3.8) is 0 Å². The Bertz CT molecular complexity index is 479. The van der Waals surface area contributed by atoms with Crippen LogP contribution in [0.15, 0.2) is 17.0 Å². The molecule has 1 aromatic carbocycles. The van der Waals surface area contributed by atoms with Crippen molar-refractivity contribution in [2.75, 3.05) is 26.5 Å². The minimum atomic E-state index is -0.143. The maximum atomic E-state index is 14.4. The lowest BCUT2D eigenvalue weighted by Gasteiger charge is -2.23. The minimum absolute atomic E-state index is 0.143. The van der Waals surface area contributed by atoms with Gasteiger partial charge in [-0.15, -0.1) is 11.8 Å². The zero-order chi connectivity index (χ0) is 13.4. The van der Waals surface area contributed by atoms with Crippen molar-refractivity contribution in [1.82, 2.24) is 4.90 Å². The molecule has 0 saturated carbocycles. The molecule has 104 valence electrons. The van der Waals surface area contributed by atoms with E-state index in [1.165, 1.54) is 26.5 Å². The molecule has 2 atom stereocenters. The Labute approximate surface area is 118 Å². The van der Waals surface area contributed by atoms with Gasteiger partial charge in [-0.25, -0.2) is 4.39 Å². The Kier molecular flexibility index (Phi) is 3.72. The van der Waals surface area contributed by atoms with Gasteiger partial charge >= 0.3 is 0 Å². The molecule has 1 aromatic rings. The van der Waals surface area contributed by atoms with E-state index in [0.29, 0.717) is 17.7 Å². The van der Waals surface area contributed by atoms with Crippen LogP contribution in [0.5, 0.6) is 5.75 Å². The third-order valence-electron chi connectivity index (χ3n) is 4.40. The zero-order valence-corrected chi connectivity index (χ0v) is 12.3. The summed E-state index contributed by atoms with van der Waals surface area (Å²) in [6.45, 7) is 1.18. The van der Waals surface area contributed by atoms with Gasteiger partial charge in [-0.05, 0) is 50.9 Å². The molecular formula is C15H20FNOS. The highest BCUT2D eigenvalue weighted by Gasteiger charge is 2.32. The predicted octanol–water partition coefficient (Wildman–Crippen LogP) is 3.51. The van der Waals surface area contributed by atoms with Crippen molar-refractivity contribution in [3.8, 4) is 5.75 Å². The van der Waals surface area contributed by atoms with Gasteiger partial charge in [0.15, 0.2) is 11.6 Å². The van der Waals surface area contributed by atoms with E-state index in [4.69, 9.17) is 4.74 Å². The van der Waals surface area contributed by atoms with Crippen LogP contribution >= 0.6 is 11.8 Å². The van der Waals surface area contributed by atoms with E-state index in [2.05, 4.69) is 11.9 Å². The molecule has 1 saturated heterocycles. The number of hydrogen-bond donors (Lipinski definition) is 0. The van der Waals surface area contributed by atoms with Crippen molar-refractivity contribution in [2.24, 2.45) is 0 Å². The second-order valence-electron chi connectivity index (χ2n) is 5.51. The highest BCUT2D eigenvalue weighted by atomic mass is 32.2. The molecule has 2 nitrogen and oxygen atoms in total. The lowest BCUT2D eigenvalue weighted by Crippen LogP contribution is -2.27. The van der Waals surface area contributed by atoms with E-state index in [1.807, 2.05) is 6.07 Å². The first-order valence-corrected chi connectivity index (χ1v) is 7.88. The highest BCUT2D eigenvalue weighted by molar-refractivity contribution is 7.99. The molecule has 0 unspecified atom stereocenters. The minimum Gasteiger partial charge on any atom is -0.494 e. The largest absolute Gasteiger partial charge is 0.494 e. The van der Waals surface area contributed by atoms with Crippen LogP contribution in [0, 0.1) is 5.82 Å². The van der Waals surface area contributed by atoms with E-state index in [1.54, 1.807) is 17.8 Å². The van der Waals surface area contributed by atoms with Crippen LogP contribution in [0.1, 0.15) is 30.7 Å². The number of likely N-dealkylation sites (tertiary alicyclic amines) is 1. The molecular weight excluding hydrogens is 261 g/mol. The van der Waals surface area contributed by atoms with Gasteiger partial charge < -0.3 is 9.64 Å². The van der Waals surface area contributed by atoms with Crippen molar-refractivity contribution in [2.45, 2.75) is 36.1 Å². The molecule has 0 N–H and O–H groups in total. The van der Waals surface area contributed by atoms with Crippen LogP contribution in [0.4, 0.5) is 4.39 Å². The SMILES string of the molecule is COc1ccc2c(c1F)[C@H](C[C@H]1CCCN1C)CS2. The topological polar surface area (TPSA) is 12.5 Å². The molecule has 0 spiro atoms. The predicted molar refractivity (Wildman–Crippen MR) is 76.7 cm³/mol. The van der Waals surface area contributed by atoms with Gasteiger partial charge in [-0.1, -0.05) is 0 Å². The van der Waals surface area contributed by atoms with Gasteiger partial charge in [0.1, 0.15) is 0 Å². The van der Waals surface area contributed by atoms with Gasteiger partial charge in [0.2, 0.25) is 0 Å². The number of hydrogen-bond acceptors (Lipinski definition) is 3. The monoisotopic (exact) mass is 281 g/mol. The summed E-state index contributed by atoms with van der Waals surface area (Å²) in [5.41, 5.74) is 0.893. The summed E-state index contributed by atoms with van der Waals surface area (Å²) in [5.74, 6) is 1.58. The number of thioether (sulfide) groups is 1. The summed E-state index contributed by atoms with van der Waals surface area (Å²) in [6.07, 6.45) is 3.59. The first-order valence-electron chi connectivity index (χ1n) is 6.90. The normalized spacial score (nSPS) is 26.7. The van der Waals surface area contributed by atoms with Crippen molar-refractivity contribution in [1.29, 1.82) is 0 Å². The average molecular weight is 281 g/mol. The lowest BCUT2D eigenvalue weighted by atomic mass is 9.92. The third kappa shape index (κ3) is 2.36. The van der Waals surface area contributed by atoms with E-state index >= 15 is 0 Å². The number of methoxy groups -OCH3 is 1. The summed E-state index contributed by atoms with van der Waals surface area (Å²) in [7, 11) is 3.72. The fourth-order valence-electron chi connectivity index (χ4n) is 3.28. The van der Waals surface area contributed by atoms with Crippen molar-refractivity contribution < 1.29 is 9.13 Å². The first-order chi connectivity index (χ1) is 9.20. The van der Waals surface area contributed by atoms with Crippen LogP contribution in [0.3, 0.4) is 0 Å². The van der Waals surface area contributed by atoms with Gasteiger partial charge in [0.25, 0.3) is 0 Å². The number of nitrogens with zero attached hydrogens (tertiary/aromatic N) is 1. The molecule has 4 heteroatoms. The Hall–Kier alpha value is -0.740. The fraction of sp³-hybridized carbons (Fsp3) is 0.600. The average Bonchev–Trinajstić information content (AvgIpc) is 2.99. The molecule has 0 aromatic heterocycles. The van der Waals surface area contributed by atoms with Crippen molar-refractivity contribution in [3.05, 3.63) is 23.5 Å². The lowest BCUT2D eigenvalue weighted by molar-refractivity contribution is 0.284. The molecule has 0 radical (unpaired) electrons. The molecule has 0 bridgehead atoms. The second-order valence-corrected chi connectivity index (χ2v) is 6.58. The van der Waals surface area contributed by atoms with Gasteiger partial charge in [-0.3, -0.25) is 0 Å². The summed E-state index contributed by atoms with van der Waals surface area (Å²) < 4.78 is 19.6. The summed E-state index contributed by atoms with van der Waals surface area (Å²) in [5, 5.41) is 0. The fourth-order valence-corrected chi connectivity index (χ4v) is 4.54. The Morgan fingerprint density at radius 3 is 3.00 bits per heavy atom. The smallest absolute Gasteiger partial charge is 0.169 e. The van der Waals surface area contributed by atoms with E-state index in [-0.39, 0.29) is 5.82 Å². The van der Waals surface area contributed by atoms with Crippen LogP contribution < -0.4 is 4.74 Å². The van der Waals surface area contributed by atoms with E-state index < -0.39 is 0 Å². The summed E-state index contributed by atoms with van der Waals surface area (Å²) in [6, 6.07) is 4.35. The Balaban J connectivity index is 1.84. The Morgan fingerprint density at radius 1 is 1.47 bits per heavy atom. The third-order valence-corrected chi connectivity index (χ3v) is 5.64. The molecule has 0 amide bonds. The quantitative estimate of drug-likeness (QED) is 0.841. The highest BCUT2D eigenvalue weighted by Crippen LogP contribution is 2.46. The standard InChI is InChI=1S/C15H20FNOS/c1-17-7-3-4-11(17)8-10-9-19-13-6-5-12(18-2)15(16)14(10)13/h5-6,10-11H,3-4,7-9H2,1-2H3/t10-,11-/m1/s1. The number of benzene rings is 1. The molecule has 2 aliphatic heterocycles. The summed E-state index contributed by atoms with van der Waals surface area (Å²) in [4.78, 5) is 3.52. The van der Waals surface area contributed by atoms with E-state index in [9.17, 15) is 4.39 Å². The van der Waals surface area contributed by atoms with Crippen molar-refractivity contribution >= 4 is 11.8 Å². The molecule has 2 aliphatic rings. The second kappa shape index (κ2) is 5.33. The van der Waals surface area contributed by atoms with E-state index in [0.717, 1.165) is 22.6 Å². The van der Waals surface area contributed by atoms with Crippen LogP contribution in [-0.2, 0) is 0 Å². The zero-order valence-electron chi connectivity index (χ0n) is 11.5. The molecule has 3 rings (SSSR count). The van der Waals surface area contributed by atoms with Gasteiger partial charge in [0.05, 0.1) is 7.11 Å². The first kappa shape index (κ1) is 13.3. The molecule has 1 fully saturated rings. The molecule has 0 aliphatic carbocycles. The number of rotatable bonds is 3. The molecule has 2 heterocycles. The van der Waals surface area contributed by atoms with Gasteiger partial charge in [-0.2, -0.15) is 0 Å². The van der Waals surface area contributed by atoms with Gasteiger partial charge in [0, 0.05) is 22.3 Å². The van der Waals surface area contributed by atoms with Crippen LogP contribution in [-0.4, -0.2) is 37.4 Å². The summed E-state index contributed by atoms with van der Waals surface area (Å²) >= 11 is 1.78. The van der Waals surface area contributed by atoms with Crippen LogP contribution in [0.2, 0.25) is 0 Å².